The number of H-pyrrole nitrogens is 1. The van der Waals surface area contributed by atoms with E-state index in [1.54, 1.807) is 0 Å². The number of nitrogens with one attached hydrogen (secondary N) is 1. The van der Waals surface area contributed by atoms with E-state index in [1.807, 2.05) is 30.3 Å². The van der Waals surface area contributed by atoms with Crippen molar-refractivity contribution in [2.75, 3.05) is 0 Å². The molecule has 0 aliphatic rings. The Kier molecular flexibility index (Phi) is 2.80. The molecule has 0 fully saturated rings. The first-order valence-corrected chi connectivity index (χ1v) is 4.70. The molecule has 0 saturated carbocycles. The fourth-order valence-corrected chi connectivity index (χ4v) is 1.60. The quantitative estimate of drug-likeness (QED) is 0.700. The molecule has 1 aromatic carbocycles. The summed E-state index contributed by atoms with van der Waals surface area (Å²) in [6.07, 6.45) is 0. The Labute approximate surface area is 87.2 Å². The molecular formula is C11H12N2O2. The van der Waals surface area contributed by atoms with E-state index < -0.39 is 0 Å². The minimum Gasteiger partial charge on any atom is -0.390 e. The Morgan fingerprint density at radius 1 is 1.07 bits per heavy atom. The summed E-state index contributed by atoms with van der Waals surface area (Å²) in [6, 6.07) is 9.57. The molecule has 0 bridgehead atoms. The maximum atomic E-state index is 9.14. The molecule has 15 heavy (non-hydrogen) atoms. The molecule has 3 N–H and O–H groups in total. The lowest BCUT2D eigenvalue weighted by Crippen LogP contribution is -1.90. The Morgan fingerprint density at radius 3 is 2.40 bits per heavy atom. The first-order chi connectivity index (χ1) is 7.36. The van der Waals surface area contributed by atoms with Crippen LogP contribution in [0.4, 0.5) is 0 Å². The smallest absolute Gasteiger partial charge is 0.0958 e. The van der Waals surface area contributed by atoms with Crippen LogP contribution in [0.2, 0.25) is 0 Å². The van der Waals surface area contributed by atoms with Crippen molar-refractivity contribution in [3.63, 3.8) is 0 Å². The molecule has 2 aromatic rings. The second-order valence-electron chi connectivity index (χ2n) is 3.21. The second-order valence-corrected chi connectivity index (χ2v) is 3.21. The summed E-state index contributed by atoms with van der Waals surface area (Å²) in [6.45, 7) is -0.252. The minimum atomic E-state index is -0.138. The lowest BCUT2D eigenvalue weighted by molar-refractivity contribution is 0.276. The average molecular weight is 204 g/mol. The molecule has 4 nitrogen and oxygen atoms in total. The van der Waals surface area contributed by atoms with Gasteiger partial charge in [-0.2, -0.15) is 5.10 Å². The Balaban J connectivity index is 2.55. The largest absolute Gasteiger partial charge is 0.390 e. The van der Waals surface area contributed by atoms with Gasteiger partial charge < -0.3 is 10.2 Å². The molecule has 0 aliphatic heterocycles. The minimum absolute atomic E-state index is 0.114. The SMILES string of the molecule is OCc1n[nH]c(CO)c1-c1ccccc1. The van der Waals surface area contributed by atoms with Crippen molar-refractivity contribution < 1.29 is 10.2 Å². The highest BCUT2D eigenvalue weighted by Crippen LogP contribution is 2.25. The van der Waals surface area contributed by atoms with E-state index in [1.165, 1.54) is 0 Å². The van der Waals surface area contributed by atoms with E-state index in [0.717, 1.165) is 11.1 Å². The van der Waals surface area contributed by atoms with E-state index in [9.17, 15) is 0 Å². The molecule has 2 rings (SSSR count). The van der Waals surface area contributed by atoms with Gasteiger partial charge in [0.15, 0.2) is 0 Å². The Bertz CT molecular complexity index is 416. The van der Waals surface area contributed by atoms with Crippen LogP contribution in [-0.2, 0) is 13.2 Å². The predicted octanol–water partition coefficient (Wildman–Crippen LogP) is 1.06. The summed E-state index contributed by atoms with van der Waals surface area (Å²) in [5.74, 6) is 0. The summed E-state index contributed by atoms with van der Waals surface area (Å²) in [4.78, 5) is 0. The van der Waals surface area contributed by atoms with Gasteiger partial charge >= 0.3 is 0 Å². The molecule has 1 aromatic heterocycles. The molecule has 1 heterocycles. The van der Waals surface area contributed by atoms with Gasteiger partial charge in [0.25, 0.3) is 0 Å². The van der Waals surface area contributed by atoms with Crippen molar-refractivity contribution >= 4 is 0 Å². The molecular weight excluding hydrogens is 192 g/mol. The van der Waals surface area contributed by atoms with Gasteiger partial charge in [-0.1, -0.05) is 30.3 Å². The van der Waals surface area contributed by atoms with Gasteiger partial charge in [0.1, 0.15) is 0 Å². The molecule has 0 spiro atoms. The molecule has 0 radical (unpaired) electrons. The number of hydrogen-bond acceptors (Lipinski definition) is 3. The van der Waals surface area contributed by atoms with Gasteiger partial charge in [-0.25, -0.2) is 0 Å². The lowest BCUT2D eigenvalue weighted by Gasteiger charge is -2.02. The van der Waals surface area contributed by atoms with E-state index in [0.29, 0.717) is 11.4 Å². The van der Waals surface area contributed by atoms with Crippen molar-refractivity contribution in [1.29, 1.82) is 0 Å². The maximum absolute atomic E-state index is 9.14. The standard InChI is InChI=1S/C11H12N2O2/c14-6-9-11(10(7-15)13-12-9)8-4-2-1-3-5-8/h1-5,14-15H,6-7H2,(H,12,13). The zero-order valence-electron chi connectivity index (χ0n) is 8.14. The number of nitrogens with zero attached hydrogens (tertiary/aromatic N) is 1. The predicted molar refractivity (Wildman–Crippen MR) is 55.9 cm³/mol. The van der Waals surface area contributed by atoms with Crippen LogP contribution < -0.4 is 0 Å². The zero-order chi connectivity index (χ0) is 10.7. The van der Waals surface area contributed by atoms with Crippen LogP contribution in [0, 0.1) is 0 Å². The third-order valence-corrected chi connectivity index (χ3v) is 2.29. The van der Waals surface area contributed by atoms with Crippen LogP contribution in [0.25, 0.3) is 11.1 Å². The van der Waals surface area contributed by atoms with Crippen LogP contribution in [0.15, 0.2) is 30.3 Å². The van der Waals surface area contributed by atoms with Crippen LogP contribution in [-0.4, -0.2) is 20.4 Å². The number of benzene rings is 1. The molecule has 0 atom stereocenters. The van der Waals surface area contributed by atoms with Crippen molar-refractivity contribution in [2.45, 2.75) is 13.2 Å². The number of rotatable bonds is 3. The average Bonchev–Trinajstić information content (AvgIpc) is 2.72. The van der Waals surface area contributed by atoms with Gasteiger partial charge in [0.2, 0.25) is 0 Å². The van der Waals surface area contributed by atoms with Gasteiger partial charge in [0.05, 0.1) is 24.6 Å². The van der Waals surface area contributed by atoms with Crippen LogP contribution in [0.3, 0.4) is 0 Å². The molecule has 4 heteroatoms. The number of hydrogen-bond donors (Lipinski definition) is 3. The van der Waals surface area contributed by atoms with Gasteiger partial charge in [0, 0.05) is 5.56 Å². The first kappa shape index (κ1) is 9.89. The highest BCUT2D eigenvalue weighted by molar-refractivity contribution is 5.68. The van der Waals surface area contributed by atoms with Crippen molar-refractivity contribution in [2.24, 2.45) is 0 Å². The Morgan fingerprint density at radius 2 is 1.80 bits per heavy atom. The van der Waals surface area contributed by atoms with Crippen molar-refractivity contribution in [1.82, 2.24) is 10.2 Å². The highest BCUT2D eigenvalue weighted by atomic mass is 16.3. The third-order valence-electron chi connectivity index (χ3n) is 2.29. The third kappa shape index (κ3) is 1.77. The number of aliphatic hydroxyl groups excluding tert-OH is 2. The van der Waals surface area contributed by atoms with Crippen molar-refractivity contribution in [3.8, 4) is 11.1 Å². The van der Waals surface area contributed by atoms with E-state index in [4.69, 9.17) is 10.2 Å². The van der Waals surface area contributed by atoms with Crippen LogP contribution in [0.5, 0.6) is 0 Å². The summed E-state index contributed by atoms with van der Waals surface area (Å²) < 4.78 is 0. The van der Waals surface area contributed by atoms with Crippen molar-refractivity contribution in [3.05, 3.63) is 41.7 Å². The van der Waals surface area contributed by atoms with E-state index in [2.05, 4.69) is 10.2 Å². The van der Waals surface area contributed by atoms with E-state index in [-0.39, 0.29) is 13.2 Å². The lowest BCUT2D eigenvalue weighted by atomic mass is 10.0. The number of aromatic nitrogens is 2. The first-order valence-electron chi connectivity index (χ1n) is 4.70. The fourth-order valence-electron chi connectivity index (χ4n) is 1.60. The number of aromatic amines is 1. The van der Waals surface area contributed by atoms with Gasteiger partial charge in [-0.15, -0.1) is 0 Å². The monoisotopic (exact) mass is 204 g/mol. The number of aliphatic hydroxyl groups is 2. The summed E-state index contributed by atoms with van der Waals surface area (Å²) in [7, 11) is 0. The molecule has 0 unspecified atom stereocenters. The van der Waals surface area contributed by atoms with Gasteiger partial charge in [-0.05, 0) is 5.56 Å². The van der Waals surface area contributed by atoms with E-state index >= 15 is 0 Å². The summed E-state index contributed by atoms with van der Waals surface area (Å²) in [5, 5.41) is 24.9. The summed E-state index contributed by atoms with van der Waals surface area (Å²) >= 11 is 0. The van der Waals surface area contributed by atoms with Gasteiger partial charge in [-0.3, -0.25) is 5.10 Å². The zero-order valence-corrected chi connectivity index (χ0v) is 8.14. The topological polar surface area (TPSA) is 69.1 Å². The highest BCUT2D eigenvalue weighted by Gasteiger charge is 2.12. The fraction of sp³-hybridized carbons (Fsp3) is 0.182. The van der Waals surface area contributed by atoms with Crippen LogP contribution >= 0.6 is 0 Å². The van der Waals surface area contributed by atoms with Crippen LogP contribution in [0.1, 0.15) is 11.4 Å². The summed E-state index contributed by atoms with van der Waals surface area (Å²) in [5.41, 5.74) is 2.93. The second kappa shape index (κ2) is 4.25. The molecule has 78 valence electrons. The molecule has 0 aliphatic carbocycles. The molecule has 0 amide bonds. The normalized spacial score (nSPS) is 10.5. The molecule has 0 saturated heterocycles. The maximum Gasteiger partial charge on any atom is 0.0958 e. The Hall–Kier alpha value is -1.65.